The molecule has 3 amide bonds. The van der Waals surface area contributed by atoms with E-state index in [1.165, 1.54) is 4.90 Å². The predicted octanol–water partition coefficient (Wildman–Crippen LogP) is 3.10. The molecule has 1 spiro atoms. The van der Waals surface area contributed by atoms with Crippen LogP contribution in [0.25, 0.3) is 0 Å². The summed E-state index contributed by atoms with van der Waals surface area (Å²) in [6, 6.07) is 3.80. The number of ether oxygens (including phenoxy) is 1. The van der Waals surface area contributed by atoms with Crippen molar-refractivity contribution >= 4 is 35.0 Å². The molecule has 1 aromatic rings. The first-order chi connectivity index (χ1) is 18.1. The molecule has 0 radical (unpaired) electrons. The number of rotatable bonds is 6. The van der Waals surface area contributed by atoms with Crippen molar-refractivity contribution in [2.75, 3.05) is 31.1 Å². The summed E-state index contributed by atoms with van der Waals surface area (Å²) in [5.74, 6) is -2.51. The first-order valence-corrected chi connectivity index (χ1v) is 13.9. The molecule has 4 heterocycles. The van der Waals surface area contributed by atoms with Gasteiger partial charge < -0.3 is 24.5 Å². The molecule has 0 bridgehead atoms. The molecule has 9 heteroatoms. The van der Waals surface area contributed by atoms with Gasteiger partial charge in [-0.15, -0.1) is 0 Å². The molecule has 0 aromatic heterocycles. The quantitative estimate of drug-likeness (QED) is 0.559. The Hall–Kier alpha value is -2.68. The molecule has 8 nitrogen and oxygen atoms in total. The highest BCUT2D eigenvalue weighted by molar-refractivity contribution is 6.34. The van der Waals surface area contributed by atoms with Crippen LogP contribution >= 0.6 is 11.6 Å². The van der Waals surface area contributed by atoms with Crippen LogP contribution in [0.4, 0.5) is 5.69 Å². The summed E-state index contributed by atoms with van der Waals surface area (Å²) in [5, 5.41) is 10.7. The molecule has 2 fully saturated rings. The summed E-state index contributed by atoms with van der Waals surface area (Å²) in [6.07, 6.45) is 8.70. The molecule has 38 heavy (non-hydrogen) atoms. The van der Waals surface area contributed by atoms with Crippen LogP contribution in [0.5, 0.6) is 0 Å². The predicted molar refractivity (Wildman–Crippen MR) is 145 cm³/mol. The number of carbonyl (C=O) groups is 3. The van der Waals surface area contributed by atoms with E-state index < -0.39 is 35.1 Å². The van der Waals surface area contributed by atoms with E-state index in [0.29, 0.717) is 30.2 Å². The minimum Gasteiger partial charge on any atom is -0.394 e. The number of aryl methyl sites for hydroxylation is 1. The zero-order valence-corrected chi connectivity index (χ0v) is 23.1. The summed E-state index contributed by atoms with van der Waals surface area (Å²) in [5.41, 5.74) is -1.02. The van der Waals surface area contributed by atoms with Crippen LogP contribution in [0.2, 0.25) is 5.02 Å². The Bertz CT molecular complexity index is 1190. The van der Waals surface area contributed by atoms with Crippen LogP contribution < -0.4 is 4.90 Å². The maximum Gasteiger partial charge on any atom is 0.253 e. The number of amides is 3. The average molecular weight is 542 g/mol. The second-order valence-electron chi connectivity index (χ2n) is 10.9. The van der Waals surface area contributed by atoms with Crippen LogP contribution in [0.3, 0.4) is 0 Å². The molecular weight excluding hydrogens is 506 g/mol. The van der Waals surface area contributed by atoms with E-state index in [1.807, 2.05) is 64.1 Å². The smallest absolute Gasteiger partial charge is 0.253 e. The normalized spacial score (nSPS) is 33.3. The molecule has 1 unspecified atom stereocenters. The fourth-order valence-electron chi connectivity index (χ4n) is 6.96. The summed E-state index contributed by atoms with van der Waals surface area (Å²) >= 11 is 6.59. The lowest BCUT2D eigenvalue weighted by molar-refractivity contribution is -0.151. The molecule has 0 saturated carbocycles. The van der Waals surface area contributed by atoms with E-state index in [4.69, 9.17) is 16.3 Å². The van der Waals surface area contributed by atoms with Crippen molar-refractivity contribution in [1.82, 2.24) is 9.80 Å². The van der Waals surface area contributed by atoms with Crippen LogP contribution in [-0.2, 0) is 19.1 Å². The van der Waals surface area contributed by atoms with E-state index in [0.717, 1.165) is 12.0 Å². The molecule has 4 aliphatic heterocycles. The number of aliphatic hydroxyl groups is 1. The van der Waals surface area contributed by atoms with Gasteiger partial charge in [0.15, 0.2) is 0 Å². The van der Waals surface area contributed by atoms with Crippen molar-refractivity contribution in [3.05, 3.63) is 53.1 Å². The van der Waals surface area contributed by atoms with Crippen LogP contribution in [0, 0.1) is 18.8 Å². The number of fused-ring (bicyclic) bond motifs is 2. The van der Waals surface area contributed by atoms with Gasteiger partial charge in [-0.05, 0) is 38.3 Å². The Labute approximate surface area is 228 Å². The number of nitrogens with zero attached hydrogens (tertiary/aromatic N) is 3. The lowest BCUT2D eigenvalue weighted by Crippen LogP contribution is -2.59. The van der Waals surface area contributed by atoms with Crippen molar-refractivity contribution in [2.45, 2.75) is 63.8 Å². The largest absolute Gasteiger partial charge is 0.394 e. The zero-order valence-electron chi connectivity index (χ0n) is 22.4. The zero-order chi connectivity index (χ0) is 27.4. The van der Waals surface area contributed by atoms with Crippen LogP contribution in [0.1, 0.15) is 39.2 Å². The molecule has 1 aromatic carbocycles. The van der Waals surface area contributed by atoms with Gasteiger partial charge in [0.05, 0.1) is 40.8 Å². The summed E-state index contributed by atoms with van der Waals surface area (Å²) in [4.78, 5) is 47.8. The number of hydrogen-bond donors (Lipinski definition) is 1. The Morgan fingerprint density at radius 2 is 1.82 bits per heavy atom. The third-order valence-corrected chi connectivity index (χ3v) is 8.91. The fourth-order valence-corrected chi connectivity index (χ4v) is 7.28. The highest BCUT2D eigenvalue weighted by Gasteiger charge is 2.75. The minimum atomic E-state index is -1.37. The number of carbonyl (C=O) groups excluding carboxylic acids is 3. The number of para-hydroxylation sites is 1. The van der Waals surface area contributed by atoms with Crippen molar-refractivity contribution < 1.29 is 24.2 Å². The van der Waals surface area contributed by atoms with E-state index in [2.05, 4.69) is 0 Å². The average Bonchev–Trinajstić information content (AvgIpc) is 3.15. The number of aliphatic hydroxyl groups excluding tert-OH is 1. The minimum absolute atomic E-state index is 0.142. The van der Waals surface area contributed by atoms with Crippen LogP contribution in [-0.4, -0.2) is 82.2 Å². The Morgan fingerprint density at radius 1 is 1.08 bits per heavy atom. The van der Waals surface area contributed by atoms with E-state index >= 15 is 0 Å². The third-order valence-electron chi connectivity index (χ3n) is 8.61. The Kier molecular flexibility index (Phi) is 6.95. The van der Waals surface area contributed by atoms with Crippen LogP contribution in [0.15, 0.2) is 42.5 Å². The van der Waals surface area contributed by atoms with Crippen molar-refractivity contribution in [3.63, 3.8) is 0 Å². The highest BCUT2D eigenvalue weighted by atomic mass is 35.5. The SMILES string of the molecule is CCCN1CC=C[C@@]2(C)O[C@]34C=CCN(c5c(C)cccc5Cl)C(=O)C3N([C@@H](CC)CO)C(=O)[C@@H]4[C@H]2C1=O. The second kappa shape index (κ2) is 9.81. The van der Waals surface area contributed by atoms with Gasteiger partial charge in [0.2, 0.25) is 11.8 Å². The summed E-state index contributed by atoms with van der Waals surface area (Å²) < 4.78 is 6.83. The molecule has 5 rings (SSSR count). The first-order valence-electron chi connectivity index (χ1n) is 13.5. The molecule has 1 N–H and O–H groups in total. The maximum absolute atomic E-state index is 14.5. The van der Waals surface area contributed by atoms with Gasteiger partial charge in [-0.3, -0.25) is 14.4 Å². The van der Waals surface area contributed by atoms with Crippen molar-refractivity contribution in [2.24, 2.45) is 11.8 Å². The molecule has 0 aliphatic carbocycles. The number of likely N-dealkylation sites (tertiary alicyclic amines) is 1. The number of hydrogen-bond acceptors (Lipinski definition) is 5. The summed E-state index contributed by atoms with van der Waals surface area (Å²) in [7, 11) is 0. The number of halogens is 1. The fraction of sp³-hybridized carbons (Fsp3) is 0.552. The van der Waals surface area contributed by atoms with Gasteiger partial charge in [-0.25, -0.2) is 0 Å². The monoisotopic (exact) mass is 541 g/mol. The van der Waals surface area contributed by atoms with Gasteiger partial charge in [-0.2, -0.15) is 0 Å². The Morgan fingerprint density at radius 3 is 2.47 bits per heavy atom. The third kappa shape index (κ3) is 3.75. The second-order valence-corrected chi connectivity index (χ2v) is 11.3. The van der Waals surface area contributed by atoms with Gasteiger partial charge in [0, 0.05) is 19.6 Å². The van der Waals surface area contributed by atoms with Gasteiger partial charge in [0.25, 0.3) is 5.91 Å². The summed E-state index contributed by atoms with van der Waals surface area (Å²) in [6.45, 7) is 8.56. The van der Waals surface area contributed by atoms with Crippen molar-refractivity contribution in [3.8, 4) is 0 Å². The van der Waals surface area contributed by atoms with E-state index in [9.17, 15) is 19.5 Å². The van der Waals surface area contributed by atoms with Crippen molar-refractivity contribution in [1.29, 1.82) is 0 Å². The molecule has 4 aliphatic rings. The maximum atomic E-state index is 14.5. The molecule has 204 valence electrons. The lowest BCUT2D eigenvalue weighted by Gasteiger charge is -2.40. The van der Waals surface area contributed by atoms with Gasteiger partial charge in [-0.1, -0.05) is 61.9 Å². The molecule has 6 atom stereocenters. The number of benzene rings is 1. The highest BCUT2D eigenvalue weighted by Crippen LogP contribution is 2.58. The van der Waals surface area contributed by atoms with Gasteiger partial charge in [0.1, 0.15) is 11.6 Å². The standard InChI is InChI=1S/C29H36ClN3O5/c1-5-14-31-15-8-12-28(4)21(25(31)35)22-26(36)33(19(6-2)17-34)24-27(37)32(16-9-13-29(22,24)38-28)23-18(3)10-7-11-20(23)30/h7-13,19,21-22,24,34H,5-6,14-17H2,1-4H3/t19-,21-,22-,24?,28+,29-/m0/s1. The topological polar surface area (TPSA) is 90.4 Å². The van der Waals surface area contributed by atoms with Gasteiger partial charge >= 0.3 is 0 Å². The molecular formula is C29H36ClN3O5. The number of anilines is 1. The first kappa shape index (κ1) is 26.9. The lowest BCUT2D eigenvalue weighted by atomic mass is 9.74. The van der Waals surface area contributed by atoms with E-state index in [-0.39, 0.29) is 30.9 Å². The van der Waals surface area contributed by atoms with E-state index in [1.54, 1.807) is 15.9 Å². The Balaban J connectivity index is 1.69. The molecule has 2 saturated heterocycles.